The van der Waals surface area contributed by atoms with Crippen LogP contribution in [0.3, 0.4) is 0 Å². The minimum Gasteiger partial charge on any atom is -0.423 e. The molecule has 34 heteroatoms. The summed E-state index contributed by atoms with van der Waals surface area (Å²) in [7, 11) is -1.64. The van der Waals surface area contributed by atoms with E-state index in [1.54, 1.807) is 36.9 Å². The second-order valence-electron chi connectivity index (χ2n) is 14.5. The Bertz CT molecular complexity index is 2500. The molecule has 0 bridgehead atoms. The third-order valence-corrected chi connectivity index (χ3v) is 9.72. The van der Waals surface area contributed by atoms with E-state index >= 15 is 0 Å². The standard InChI is InChI=1S/C11H10F2N6.C7H8BF2N3O2.C7H6BrF2N3.C4H2BrClN2.C4H4ClN3.C3H5F2N.ClH/c12-11(13)5-19(6-11)10-16-3-7(4-17-10)9-15-2-1-8(14)18-9;9-7(10)3-13(4-7)6-11-1-5(2-12-6)8(14)15;8-5-1-11-6(12-2-5)13-3-7(9,10)4-13;5-3-1-7-4(6)8-2-3;5-4-7-2-1-3(6)8-4;4-3(5)1-6-2-3;/h1-4H,5-6H2,(H2,14,15,18);1-2,14-15H,3-4H2;1-2H,3-4H2;1-2H;1-2H,(H2,6,7,8);6H,1-2H2;1H. The molecule has 0 spiro atoms. The molecule has 4 saturated heterocycles. The minimum absolute atomic E-state index is 0. The Morgan fingerprint density at radius 1 is 0.529 bits per heavy atom. The van der Waals surface area contributed by atoms with Crippen molar-refractivity contribution in [3.05, 3.63) is 93.6 Å². The molecule has 0 atom stereocenters. The fraction of sp³-hybridized carbons (Fsp3) is 0.333. The highest BCUT2D eigenvalue weighted by Crippen LogP contribution is 2.31. The van der Waals surface area contributed by atoms with Gasteiger partial charge in [-0.2, -0.15) is 0 Å². The van der Waals surface area contributed by atoms with Crippen LogP contribution in [0.25, 0.3) is 11.4 Å². The fourth-order valence-electron chi connectivity index (χ4n) is 5.13. The van der Waals surface area contributed by atoms with E-state index in [-0.39, 0.29) is 79.6 Å². The smallest absolute Gasteiger partial charge is 0.423 e. The highest BCUT2D eigenvalue weighted by molar-refractivity contribution is 9.10. The van der Waals surface area contributed by atoms with Gasteiger partial charge in [-0.3, -0.25) is 0 Å². The van der Waals surface area contributed by atoms with E-state index in [2.05, 4.69) is 97.0 Å². The monoisotopic (exact) mass is 1180 g/mol. The number of anilines is 5. The second kappa shape index (κ2) is 25.2. The molecule has 20 nitrogen and oxygen atoms in total. The maximum absolute atomic E-state index is 12.7. The van der Waals surface area contributed by atoms with Crippen molar-refractivity contribution in [1.82, 2.24) is 65.1 Å². The summed E-state index contributed by atoms with van der Waals surface area (Å²) in [6, 6.07) is 3.15. The van der Waals surface area contributed by atoms with Crippen molar-refractivity contribution >= 4 is 110 Å². The van der Waals surface area contributed by atoms with E-state index in [1.165, 1.54) is 51.9 Å². The largest absolute Gasteiger partial charge is 0.491 e. The van der Waals surface area contributed by atoms with Crippen LogP contribution in [0.2, 0.25) is 10.6 Å². The van der Waals surface area contributed by atoms with E-state index in [4.69, 9.17) is 44.7 Å². The van der Waals surface area contributed by atoms with Gasteiger partial charge >= 0.3 is 7.12 Å². The normalized spacial score (nSPS) is 16.9. The molecule has 6 aromatic rings. The van der Waals surface area contributed by atoms with Crippen molar-refractivity contribution in [1.29, 1.82) is 0 Å². The SMILES string of the molecule is Cl.Clc1ncc(Br)cn1.FC1(F)CN(c2ncc(Br)cn2)C1.FC1(F)CNC1.Nc1ccnc(-c2cnc(N3CC(F)(F)C3)nc2)n1.Nc1ccnc(Cl)n1.OB(O)c1cnc(N2CC(F)(F)C2)nc1. The minimum atomic E-state index is -2.67. The molecule has 4 aliphatic rings. The van der Waals surface area contributed by atoms with Gasteiger partial charge in [0.1, 0.15) is 11.6 Å². The lowest BCUT2D eigenvalue weighted by Crippen LogP contribution is -2.57. The van der Waals surface area contributed by atoms with E-state index in [1.807, 2.05) is 0 Å². The number of aromatic nitrogens is 12. The molecule has 0 unspecified atom stereocenters. The average molecular weight is 1180 g/mol. The van der Waals surface area contributed by atoms with Crippen LogP contribution < -0.4 is 36.9 Å². The molecule has 0 aliphatic carbocycles. The van der Waals surface area contributed by atoms with E-state index in [0.29, 0.717) is 29.0 Å². The highest BCUT2D eigenvalue weighted by Gasteiger charge is 2.46. The fourth-order valence-corrected chi connectivity index (χ4v) is 5.79. The van der Waals surface area contributed by atoms with Crippen molar-refractivity contribution in [2.45, 2.75) is 23.7 Å². The average Bonchev–Trinajstić information content (AvgIpc) is 3.26. The number of nitrogens with zero attached hydrogens (tertiary/aromatic N) is 15. The Labute approximate surface area is 425 Å². The third-order valence-electron chi connectivity index (χ3n) is 8.52. The zero-order valence-corrected chi connectivity index (χ0v) is 40.9. The third kappa shape index (κ3) is 18.8. The quantitative estimate of drug-likeness (QED) is 0.0902. The summed E-state index contributed by atoms with van der Waals surface area (Å²) < 4.78 is 99.9. The summed E-state index contributed by atoms with van der Waals surface area (Å²) in [4.78, 5) is 50.2. The Kier molecular flexibility index (Phi) is 20.6. The Hall–Kier alpha value is -5.31. The molecule has 0 radical (unpaired) electrons. The summed E-state index contributed by atoms with van der Waals surface area (Å²) in [6.07, 6.45) is 14.7. The van der Waals surface area contributed by atoms with Gasteiger partial charge in [-0.1, -0.05) is 0 Å². The van der Waals surface area contributed by atoms with Crippen molar-refractivity contribution in [3.8, 4) is 11.4 Å². The summed E-state index contributed by atoms with van der Waals surface area (Å²) in [5.74, 6) is -8.33. The predicted molar refractivity (Wildman–Crippen MR) is 252 cm³/mol. The topological polar surface area (TPSA) is 269 Å². The lowest BCUT2D eigenvalue weighted by Gasteiger charge is -2.38. The maximum Gasteiger partial charge on any atom is 0.491 e. The molecule has 0 saturated carbocycles. The van der Waals surface area contributed by atoms with Crippen molar-refractivity contribution < 1.29 is 45.2 Å². The van der Waals surface area contributed by atoms with Gasteiger partial charge in [-0.15, -0.1) is 12.4 Å². The zero-order valence-electron chi connectivity index (χ0n) is 35.4. The molecule has 0 aromatic carbocycles. The van der Waals surface area contributed by atoms with Gasteiger partial charge in [-0.25, -0.2) is 94.9 Å². The van der Waals surface area contributed by atoms with Crippen LogP contribution in [0.4, 0.5) is 64.6 Å². The summed E-state index contributed by atoms with van der Waals surface area (Å²) in [5, 5.41) is 20.4. The number of nitrogen functional groups attached to an aromatic ring is 2. The van der Waals surface area contributed by atoms with E-state index in [9.17, 15) is 35.1 Å². The predicted octanol–water partition coefficient (Wildman–Crippen LogP) is 4.53. The Morgan fingerprint density at radius 3 is 1.19 bits per heavy atom. The van der Waals surface area contributed by atoms with Gasteiger partial charge in [-0.05, 0) is 67.2 Å². The first-order valence-electron chi connectivity index (χ1n) is 19.3. The van der Waals surface area contributed by atoms with Gasteiger partial charge in [0.2, 0.25) is 28.4 Å². The lowest BCUT2D eigenvalue weighted by molar-refractivity contribution is -0.0476. The number of nitrogens with one attached hydrogen (secondary N) is 1. The van der Waals surface area contributed by atoms with Gasteiger partial charge in [0.25, 0.3) is 23.7 Å². The lowest BCUT2D eigenvalue weighted by atomic mass is 9.83. The molecule has 4 aliphatic heterocycles. The van der Waals surface area contributed by atoms with Gasteiger partial charge in [0.05, 0.1) is 66.9 Å². The molecule has 376 valence electrons. The molecule has 6 aromatic heterocycles. The van der Waals surface area contributed by atoms with Gasteiger partial charge < -0.3 is 41.5 Å². The first-order chi connectivity index (χ1) is 32.4. The molecule has 7 N–H and O–H groups in total. The number of rotatable bonds is 5. The number of alkyl halides is 8. The second-order valence-corrected chi connectivity index (χ2v) is 17.0. The van der Waals surface area contributed by atoms with Crippen LogP contribution in [0, 0.1) is 0 Å². The van der Waals surface area contributed by atoms with Gasteiger partial charge in [0.15, 0.2) is 5.82 Å². The Morgan fingerprint density at radius 2 is 0.886 bits per heavy atom. The van der Waals surface area contributed by atoms with Crippen LogP contribution in [0.15, 0.2) is 83.0 Å². The molecule has 10 rings (SSSR count). The molecule has 0 amide bonds. The van der Waals surface area contributed by atoms with Crippen LogP contribution >= 0.6 is 67.5 Å². The number of hydrogen-bond donors (Lipinski definition) is 5. The van der Waals surface area contributed by atoms with Crippen molar-refractivity contribution in [3.63, 3.8) is 0 Å². The number of hydrogen-bond acceptors (Lipinski definition) is 20. The number of halogens is 13. The van der Waals surface area contributed by atoms with Crippen molar-refractivity contribution in [2.24, 2.45) is 0 Å². The summed E-state index contributed by atoms with van der Waals surface area (Å²) >= 11 is 17.0. The van der Waals surface area contributed by atoms with Crippen LogP contribution in [-0.2, 0) is 0 Å². The van der Waals surface area contributed by atoms with E-state index < -0.39 is 43.9 Å². The summed E-state index contributed by atoms with van der Waals surface area (Å²) in [6.45, 7) is -2.31. The molecule has 10 heterocycles. The summed E-state index contributed by atoms with van der Waals surface area (Å²) in [5.41, 5.74) is 11.5. The van der Waals surface area contributed by atoms with E-state index in [0.717, 1.165) is 8.95 Å². The number of nitrogens with two attached hydrogens (primary N) is 2. The molecule has 70 heavy (non-hydrogen) atoms. The van der Waals surface area contributed by atoms with Crippen molar-refractivity contribution in [2.75, 3.05) is 78.5 Å². The Balaban J connectivity index is 0.000000190. The zero-order chi connectivity index (χ0) is 50.6. The maximum atomic E-state index is 12.7. The molecular weight excluding hydrogens is 1150 g/mol. The van der Waals surface area contributed by atoms with Crippen LogP contribution in [-0.4, -0.2) is 153 Å². The highest BCUT2D eigenvalue weighted by atomic mass is 79.9. The first-order valence-corrected chi connectivity index (χ1v) is 21.6. The molecular formula is C36H36BBr2Cl3F8N18O2. The molecule has 4 fully saturated rings. The first kappa shape index (κ1) is 57.3. The van der Waals surface area contributed by atoms with Gasteiger partial charge in [0, 0.05) is 67.4 Å². The van der Waals surface area contributed by atoms with Crippen LogP contribution in [0.5, 0.6) is 0 Å². The van der Waals surface area contributed by atoms with Crippen LogP contribution in [0.1, 0.15) is 0 Å².